The molecule has 0 N–H and O–H groups in total. The molecule has 26 heavy (non-hydrogen) atoms. The molecule has 0 aliphatic heterocycles. The lowest BCUT2D eigenvalue weighted by molar-refractivity contribution is -0.137. The van der Waals surface area contributed by atoms with Crippen molar-refractivity contribution in [2.75, 3.05) is 6.26 Å². The Bertz CT molecular complexity index is 1130. The standard InChI is InChI=1S/C13H6ClF3N6S3/c1-24-12-20-8-7(25-12)10(19-4-18-8)26-11-22-21-9-6(14)2-5(3-23(9)11)13(15,16)17/h2-4H,1H3. The van der Waals surface area contributed by atoms with Crippen molar-refractivity contribution in [3.05, 3.63) is 29.2 Å². The molecule has 0 aliphatic rings. The second kappa shape index (κ2) is 6.51. The van der Waals surface area contributed by atoms with E-state index in [1.54, 1.807) is 0 Å². The average molecular weight is 435 g/mol. The highest BCUT2D eigenvalue weighted by Crippen LogP contribution is 2.37. The summed E-state index contributed by atoms with van der Waals surface area (Å²) < 4.78 is 41.9. The first-order valence-electron chi connectivity index (χ1n) is 6.81. The molecular formula is C13H6ClF3N6S3. The van der Waals surface area contributed by atoms with Crippen LogP contribution in [-0.4, -0.2) is 35.8 Å². The fourth-order valence-corrected chi connectivity index (χ4v) is 4.79. The lowest BCUT2D eigenvalue weighted by atomic mass is 10.3. The number of halogens is 4. The first-order chi connectivity index (χ1) is 12.4. The molecule has 0 saturated carbocycles. The van der Waals surface area contributed by atoms with Crippen LogP contribution >= 0.6 is 46.5 Å². The minimum atomic E-state index is -4.53. The SMILES string of the molecule is CSc1nc2ncnc(Sc3nnc4c(Cl)cc(C(F)(F)F)cn34)c2s1. The zero-order chi connectivity index (χ0) is 18.5. The summed E-state index contributed by atoms with van der Waals surface area (Å²) in [6.07, 6.45) is -0.366. The quantitative estimate of drug-likeness (QED) is 0.342. The maximum absolute atomic E-state index is 13.1. The molecule has 13 heteroatoms. The summed E-state index contributed by atoms with van der Waals surface area (Å²) >= 11 is 9.89. The first kappa shape index (κ1) is 17.8. The van der Waals surface area contributed by atoms with Gasteiger partial charge in [-0.25, -0.2) is 15.0 Å². The van der Waals surface area contributed by atoms with Gasteiger partial charge in [-0.1, -0.05) is 23.4 Å². The summed E-state index contributed by atoms with van der Waals surface area (Å²) in [5.74, 6) is 0. The van der Waals surface area contributed by atoms with Crippen LogP contribution in [0, 0.1) is 0 Å². The fourth-order valence-electron chi connectivity index (χ4n) is 2.12. The van der Waals surface area contributed by atoms with E-state index in [9.17, 15) is 13.2 Å². The van der Waals surface area contributed by atoms with Crippen molar-refractivity contribution in [2.24, 2.45) is 0 Å². The van der Waals surface area contributed by atoms with Crippen LogP contribution < -0.4 is 0 Å². The zero-order valence-corrected chi connectivity index (χ0v) is 15.9. The topological polar surface area (TPSA) is 68.9 Å². The molecule has 0 bridgehead atoms. The van der Waals surface area contributed by atoms with Gasteiger partial charge in [-0.3, -0.25) is 4.40 Å². The maximum Gasteiger partial charge on any atom is 0.417 e. The van der Waals surface area contributed by atoms with Gasteiger partial charge >= 0.3 is 6.18 Å². The van der Waals surface area contributed by atoms with Gasteiger partial charge in [-0.05, 0) is 24.1 Å². The first-order valence-corrected chi connectivity index (χ1v) is 10.0. The summed E-state index contributed by atoms with van der Waals surface area (Å²) in [5, 5.41) is 8.45. The van der Waals surface area contributed by atoms with E-state index in [1.807, 2.05) is 6.26 Å². The Morgan fingerprint density at radius 1 is 1.23 bits per heavy atom. The molecule has 0 saturated heterocycles. The van der Waals surface area contributed by atoms with E-state index in [-0.39, 0.29) is 15.8 Å². The Hall–Kier alpha value is -1.63. The molecule has 0 fully saturated rings. The molecule has 0 aliphatic carbocycles. The van der Waals surface area contributed by atoms with Crippen LogP contribution in [0.3, 0.4) is 0 Å². The molecule has 0 spiro atoms. The second-order valence-electron chi connectivity index (χ2n) is 4.87. The van der Waals surface area contributed by atoms with Crippen molar-refractivity contribution in [1.82, 2.24) is 29.5 Å². The van der Waals surface area contributed by atoms with Crippen LogP contribution in [0.25, 0.3) is 16.0 Å². The predicted molar refractivity (Wildman–Crippen MR) is 94.1 cm³/mol. The van der Waals surface area contributed by atoms with E-state index in [0.717, 1.165) is 33.1 Å². The summed E-state index contributed by atoms with van der Waals surface area (Å²) in [5.41, 5.74) is -0.215. The largest absolute Gasteiger partial charge is 0.417 e. The molecule has 0 unspecified atom stereocenters. The third-order valence-corrected chi connectivity index (χ3v) is 6.67. The van der Waals surface area contributed by atoms with Crippen molar-refractivity contribution in [3.63, 3.8) is 0 Å². The summed E-state index contributed by atoms with van der Waals surface area (Å²) in [4.78, 5) is 12.7. The monoisotopic (exact) mass is 434 g/mol. The van der Waals surface area contributed by atoms with Gasteiger partial charge in [0.25, 0.3) is 0 Å². The van der Waals surface area contributed by atoms with Crippen LogP contribution in [0.5, 0.6) is 0 Å². The fraction of sp³-hybridized carbons (Fsp3) is 0.154. The molecule has 4 heterocycles. The van der Waals surface area contributed by atoms with Crippen molar-refractivity contribution in [2.45, 2.75) is 20.7 Å². The molecule has 0 amide bonds. The number of pyridine rings is 1. The van der Waals surface area contributed by atoms with Crippen LogP contribution in [0.4, 0.5) is 13.2 Å². The minimum absolute atomic E-state index is 0.130. The van der Waals surface area contributed by atoms with Crippen molar-refractivity contribution >= 4 is 62.5 Å². The van der Waals surface area contributed by atoms with Gasteiger partial charge < -0.3 is 0 Å². The highest BCUT2D eigenvalue weighted by molar-refractivity contribution is 8.00. The summed E-state index contributed by atoms with van der Waals surface area (Å²) in [6, 6.07) is 0.830. The predicted octanol–water partition coefficient (Wildman–Crippen LogP) is 4.67. The average Bonchev–Trinajstić information content (AvgIpc) is 3.19. The Labute approximate surface area is 161 Å². The van der Waals surface area contributed by atoms with E-state index in [0.29, 0.717) is 10.7 Å². The number of fused-ring (bicyclic) bond motifs is 2. The molecule has 0 aromatic carbocycles. The van der Waals surface area contributed by atoms with Crippen molar-refractivity contribution in [3.8, 4) is 0 Å². The number of hydrogen-bond donors (Lipinski definition) is 0. The van der Waals surface area contributed by atoms with E-state index in [2.05, 4.69) is 25.1 Å². The van der Waals surface area contributed by atoms with Crippen molar-refractivity contribution in [1.29, 1.82) is 0 Å². The third-order valence-electron chi connectivity index (χ3n) is 3.26. The van der Waals surface area contributed by atoms with E-state index < -0.39 is 11.7 Å². The summed E-state index contributed by atoms with van der Waals surface area (Å²) in [7, 11) is 0. The van der Waals surface area contributed by atoms with Gasteiger partial charge in [0, 0.05) is 6.20 Å². The molecule has 4 aromatic heterocycles. The number of thioether (sulfide) groups is 1. The van der Waals surface area contributed by atoms with Gasteiger partial charge in [0.1, 0.15) is 16.1 Å². The van der Waals surface area contributed by atoms with Crippen LogP contribution in [0.15, 0.2) is 33.1 Å². The van der Waals surface area contributed by atoms with Gasteiger partial charge in [-0.2, -0.15) is 13.2 Å². The zero-order valence-electron chi connectivity index (χ0n) is 12.7. The molecular weight excluding hydrogens is 429 g/mol. The van der Waals surface area contributed by atoms with Gasteiger partial charge in [0.2, 0.25) is 5.16 Å². The lowest BCUT2D eigenvalue weighted by Gasteiger charge is -2.08. The number of hydrogen-bond acceptors (Lipinski definition) is 8. The molecule has 4 aromatic rings. The Morgan fingerprint density at radius 2 is 2.04 bits per heavy atom. The number of alkyl halides is 3. The minimum Gasteiger partial charge on any atom is -0.275 e. The highest BCUT2D eigenvalue weighted by atomic mass is 35.5. The Kier molecular flexibility index (Phi) is 4.45. The number of thiazole rings is 1. The van der Waals surface area contributed by atoms with E-state index in [1.165, 1.54) is 33.8 Å². The second-order valence-corrected chi connectivity index (χ2v) is 8.28. The maximum atomic E-state index is 13.1. The third kappa shape index (κ3) is 3.10. The summed E-state index contributed by atoms with van der Waals surface area (Å²) in [6.45, 7) is 0. The van der Waals surface area contributed by atoms with Gasteiger partial charge in [-0.15, -0.1) is 21.5 Å². The van der Waals surface area contributed by atoms with E-state index in [4.69, 9.17) is 11.6 Å². The van der Waals surface area contributed by atoms with Crippen LogP contribution in [0.1, 0.15) is 5.56 Å². The Morgan fingerprint density at radius 3 is 2.77 bits per heavy atom. The molecule has 134 valence electrons. The number of rotatable bonds is 3. The lowest BCUT2D eigenvalue weighted by Crippen LogP contribution is -2.07. The van der Waals surface area contributed by atoms with Crippen molar-refractivity contribution < 1.29 is 13.2 Å². The molecule has 0 radical (unpaired) electrons. The van der Waals surface area contributed by atoms with E-state index >= 15 is 0 Å². The number of nitrogens with zero attached hydrogens (tertiary/aromatic N) is 6. The van der Waals surface area contributed by atoms with Gasteiger partial charge in [0.15, 0.2) is 15.6 Å². The Balaban J connectivity index is 1.83. The van der Waals surface area contributed by atoms with Crippen LogP contribution in [-0.2, 0) is 6.18 Å². The molecule has 6 nitrogen and oxygen atoms in total. The molecule has 4 rings (SSSR count). The normalized spacial score (nSPS) is 12.3. The highest BCUT2D eigenvalue weighted by Gasteiger charge is 2.32. The van der Waals surface area contributed by atoms with Gasteiger partial charge in [0.05, 0.1) is 10.6 Å². The van der Waals surface area contributed by atoms with Crippen LogP contribution in [0.2, 0.25) is 5.02 Å². The number of aromatic nitrogens is 6. The smallest absolute Gasteiger partial charge is 0.275 e. The molecule has 0 atom stereocenters.